The average Bonchev–Trinajstić information content (AvgIpc) is 2.42. The molecular formula is C16H14F2O2. The summed E-state index contributed by atoms with van der Waals surface area (Å²) in [6, 6.07) is 8.92. The average molecular weight is 276 g/mol. The van der Waals surface area contributed by atoms with Gasteiger partial charge in [0.2, 0.25) is 0 Å². The van der Waals surface area contributed by atoms with Crippen LogP contribution in [0.5, 0.6) is 5.75 Å². The first kappa shape index (κ1) is 14.2. The second kappa shape index (κ2) is 5.82. The van der Waals surface area contributed by atoms with E-state index in [9.17, 15) is 13.6 Å². The Hall–Kier alpha value is -2.23. The monoisotopic (exact) mass is 276 g/mol. The van der Waals surface area contributed by atoms with Crippen LogP contribution in [0, 0.1) is 18.6 Å². The van der Waals surface area contributed by atoms with Crippen molar-refractivity contribution in [3.63, 3.8) is 0 Å². The quantitative estimate of drug-likeness (QED) is 0.796. The molecule has 0 unspecified atom stereocenters. The van der Waals surface area contributed by atoms with E-state index in [0.29, 0.717) is 11.1 Å². The van der Waals surface area contributed by atoms with Gasteiger partial charge in [0.15, 0.2) is 17.3 Å². The van der Waals surface area contributed by atoms with Crippen molar-refractivity contribution in [2.75, 3.05) is 7.11 Å². The van der Waals surface area contributed by atoms with Crippen LogP contribution in [0.2, 0.25) is 0 Å². The van der Waals surface area contributed by atoms with Crippen molar-refractivity contribution in [2.24, 2.45) is 0 Å². The van der Waals surface area contributed by atoms with Gasteiger partial charge in [-0.05, 0) is 36.2 Å². The summed E-state index contributed by atoms with van der Waals surface area (Å²) >= 11 is 0. The number of Topliss-reactive ketones (excluding diaryl/α,β-unsaturated/α-hetero) is 1. The van der Waals surface area contributed by atoms with Crippen molar-refractivity contribution in [1.29, 1.82) is 0 Å². The number of halogens is 2. The van der Waals surface area contributed by atoms with Gasteiger partial charge in [0.05, 0.1) is 12.7 Å². The van der Waals surface area contributed by atoms with Crippen LogP contribution in [0.15, 0.2) is 36.4 Å². The number of hydrogen-bond acceptors (Lipinski definition) is 2. The van der Waals surface area contributed by atoms with Gasteiger partial charge in [0, 0.05) is 6.42 Å². The normalized spacial score (nSPS) is 10.4. The van der Waals surface area contributed by atoms with Crippen molar-refractivity contribution >= 4 is 5.78 Å². The minimum absolute atomic E-state index is 0.0289. The molecule has 0 radical (unpaired) electrons. The predicted octanol–water partition coefficient (Wildman–Crippen LogP) is 3.71. The molecule has 0 heterocycles. The molecule has 0 spiro atoms. The van der Waals surface area contributed by atoms with E-state index in [4.69, 9.17) is 4.74 Å². The molecule has 2 aromatic rings. The van der Waals surface area contributed by atoms with Crippen LogP contribution in [0.3, 0.4) is 0 Å². The fraction of sp³-hybridized carbons (Fsp3) is 0.188. The smallest absolute Gasteiger partial charge is 0.170 e. The van der Waals surface area contributed by atoms with Gasteiger partial charge in [-0.25, -0.2) is 8.78 Å². The molecular weight excluding hydrogens is 262 g/mol. The zero-order chi connectivity index (χ0) is 14.7. The Morgan fingerprint density at radius 3 is 2.60 bits per heavy atom. The molecule has 0 aromatic heterocycles. The minimum atomic E-state index is -0.539. The highest BCUT2D eigenvalue weighted by Gasteiger charge is 2.14. The minimum Gasteiger partial charge on any atom is -0.494 e. The van der Waals surface area contributed by atoms with E-state index >= 15 is 0 Å². The standard InChI is InChI=1S/C16H14F2O2/c1-10-4-3-5-12(16(10)18)14(19)9-11-6-7-15(20-2)13(17)8-11/h3-8H,9H2,1-2H3. The second-order valence-corrected chi connectivity index (χ2v) is 4.51. The lowest BCUT2D eigenvalue weighted by Gasteiger charge is -2.07. The van der Waals surface area contributed by atoms with Crippen LogP contribution >= 0.6 is 0 Å². The highest BCUT2D eigenvalue weighted by Crippen LogP contribution is 2.20. The van der Waals surface area contributed by atoms with Gasteiger partial charge >= 0.3 is 0 Å². The Morgan fingerprint density at radius 1 is 1.20 bits per heavy atom. The summed E-state index contributed by atoms with van der Waals surface area (Å²) in [7, 11) is 1.37. The lowest BCUT2D eigenvalue weighted by Crippen LogP contribution is -2.07. The molecule has 20 heavy (non-hydrogen) atoms. The van der Waals surface area contributed by atoms with Crippen LogP contribution in [-0.4, -0.2) is 12.9 Å². The second-order valence-electron chi connectivity index (χ2n) is 4.51. The molecule has 0 bridgehead atoms. The van der Waals surface area contributed by atoms with E-state index < -0.39 is 11.6 Å². The maximum Gasteiger partial charge on any atom is 0.170 e. The topological polar surface area (TPSA) is 26.3 Å². The van der Waals surface area contributed by atoms with Crippen molar-refractivity contribution in [1.82, 2.24) is 0 Å². The van der Waals surface area contributed by atoms with Crippen LogP contribution in [0.25, 0.3) is 0 Å². The van der Waals surface area contributed by atoms with Gasteiger partial charge in [0.25, 0.3) is 0 Å². The van der Waals surface area contributed by atoms with Gasteiger partial charge in [0.1, 0.15) is 5.82 Å². The van der Waals surface area contributed by atoms with Crippen molar-refractivity contribution < 1.29 is 18.3 Å². The number of carbonyl (C=O) groups excluding carboxylic acids is 1. The number of ketones is 1. The zero-order valence-electron chi connectivity index (χ0n) is 11.2. The van der Waals surface area contributed by atoms with Crippen LogP contribution in [-0.2, 0) is 6.42 Å². The molecule has 0 aliphatic carbocycles. The number of methoxy groups -OCH3 is 1. The number of hydrogen-bond donors (Lipinski definition) is 0. The van der Waals surface area contributed by atoms with Crippen molar-refractivity contribution in [3.8, 4) is 5.75 Å². The largest absolute Gasteiger partial charge is 0.494 e. The summed E-state index contributed by atoms with van der Waals surface area (Å²) in [6.07, 6.45) is -0.0543. The molecule has 2 nitrogen and oxygen atoms in total. The van der Waals surface area contributed by atoms with E-state index in [-0.39, 0.29) is 23.5 Å². The van der Waals surface area contributed by atoms with Gasteiger partial charge in [-0.3, -0.25) is 4.79 Å². The van der Waals surface area contributed by atoms with E-state index in [1.807, 2.05) is 0 Å². The predicted molar refractivity (Wildman–Crippen MR) is 72.1 cm³/mol. The number of aryl methyl sites for hydroxylation is 1. The molecule has 2 aromatic carbocycles. The molecule has 4 heteroatoms. The molecule has 0 aliphatic rings. The zero-order valence-corrected chi connectivity index (χ0v) is 11.2. The Bertz CT molecular complexity index is 651. The summed E-state index contributed by atoms with van der Waals surface area (Å²) < 4.78 is 32.2. The Labute approximate surface area is 116 Å². The third-order valence-corrected chi connectivity index (χ3v) is 3.07. The summed E-state index contributed by atoms with van der Waals surface area (Å²) in [5, 5.41) is 0. The highest BCUT2D eigenvalue weighted by molar-refractivity contribution is 5.97. The fourth-order valence-electron chi connectivity index (χ4n) is 1.96. The summed E-state index contributed by atoms with van der Waals surface area (Å²) in [5.74, 6) is -1.33. The molecule has 0 atom stereocenters. The molecule has 0 aliphatic heterocycles. The maximum atomic E-state index is 13.8. The van der Waals surface area contributed by atoms with E-state index in [1.165, 1.54) is 25.3 Å². The Morgan fingerprint density at radius 2 is 1.95 bits per heavy atom. The number of carbonyl (C=O) groups is 1. The van der Waals surface area contributed by atoms with Gasteiger partial charge in [-0.2, -0.15) is 0 Å². The molecule has 0 N–H and O–H groups in total. The van der Waals surface area contributed by atoms with Crippen molar-refractivity contribution in [3.05, 3.63) is 64.7 Å². The highest BCUT2D eigenvalue weighted by atomic mass is 19.1. The lowest BCUT2D eigenvalue weighted by atomic mass is 10.0. The SMILES string of the molecule is COc1ccc(CC(=O)c2cccc(C)c2F)cc1F. The first-order valence-corrected chi connectivity index (χ1v) is 6.13. The van der Waals surface area contributed by atoms with Gasteiger partial charge in [-0.15, -0.1) is 0 Å². The Balaban J connectivity index is 2.24. The first-order valence-electron chi connectivity index (χ1n) is 6.13. The molecule has 0 fully saturated rings. The maximum absolute atomic E-state index is 13.8. The lowest BCUT2D eigenvalue weighted by molar-refractivity contribution is 0.0989. The van der Waals surface area contributed by atoms with Gasteiger partial charge < -0.3 is 4.74 Å². The summed E-state index contributed by atoms with van der Waals surface area (Å²) in [4.78, 5) is 12.1. The van der Waals surface area contributed by atoms with E-state index in [0.717, 1.165) is 0 Å². The van der Waals surface area contributed by atoms with Crippen molar-refractivity contribution in [2.45, 2.75) is 13.3 Å². The van der Waals surface area contributed by atoms with E-state index in [1.54, 1.807) is 25.1 Å². The van der Waals surface area contributed by atoms with Crippen LogP contribution < -0.4 is 4.74 Å². The van der Waals surface area contributed by atoms with E-state index in [2.05, 4.69) is 0 Å². The molecule has 2 rings (SSSR count). The number of benzene rings is 2. The molecule has 0 saturated carbocycles. The number of rotatable bonds is 4. The first-order chi connectivity index (χ1) is 9.52. The van der Waals surface area contributed by atoms with Crippen LogP contribution in [0.1, 0.15) is 21.5 Å². The summed E-state index contributed by atoms with van der Waals surface area (Å²) in [6.45, 7) is 1.60. The third kappa shape index (κ3) is 2.85. The molecule has 104 valence electrons. The fourth-order valence-corrected chi connectivity index (χ4v) is 1.96. The van der Waals surface area contributed by atoms with Crippen LogP contribution in [0.4, 0.5) is 8.78 Å². The molecule has 0 saturated heterocycles. The molecule has 0 amide bonds. The number of ether oxygens (including phenoxy) is 1. The summed E-state index contributed by atoms with van der Waals surface area (Å²) in [5.41, 5.74) is 0.923. The Kier molecular flexibility index (Phi) is 4.13. The van der Waals surface area contributed by atoms with Gasteiger partial charge in [-0.1, -0.05) is 18.2 Å². The third-order valence-electron chi connectivity index (χ3n) is 3.07.